The average Bonchev–Trinajstić information content (AvgIpc) is 0.786. The van der Waals surface area contributed by atoms with Crippen LogP contribution in [-0.2, 0) is 30.9 Å². The van der Waals surface area contributed by atoms with E-state index in [2.05, 4.69) is 149 Å². The van der Waals surface area contributed by atoms with Crippen LogP contribution in [-0.4, -0.2) is 172 Å². The Hall–Kier alpha value is -7.71. The number of aryl methyl sites for hydroxylation is 4. The highest BCUT2D eigenvalue weighted by atomic mass is 16.6. The first-order chi connectivity index (χ1) is 46.1. The van der Waals surface area contributed by atoms with E-state index in [1.807, 2.05) is 96.9 Å². The minimum Gasteiger partial charge on any atom is -0.444 e. The van der Waals surface area contributed by atoms with Crippen molar-refractivity contribution in [3.05, 3.63) is 161 Å². The van der Waals surface area contributed by atoms with Crippen molar-refractivity contribution in [2.75, 3.05) is 89.3 Å². The Labute approximate surface area is 577 Å². The summed E-state index contributed by atoms with van der Waals surface area (Å²) in [5.74, 6) is 0.937. The second-order valence-corrected chi connectivity index (χ2v) is 29.7. The number of anilines is 2. The lowest BCUT2D eigenvalue weighted by Gasteiger charge is -2.47. The summed E-state index contributed by atoms with van der Waals surface area (Å²) in [6.45, 7) is 42.5. The second kappa shape index (κ2) is 32.3. The van der Waals surface area contributed by atoms with Crippen LogP contribution in [0.2, 0.25) is 0 Å². The molecule has 4 aliphatic rings. The van der Waals surface area contributed by atoms with Crippen molar-refractivity contribution in [3.8, 4) is 22.3 Å². The first-order valence-electron chi connectivity index (χ1n) is 35.6. The van der Waals surface area contributed by atoms with Crippen LogP contribution in [0.3, 0.4) is 0 Å². The standard InChI is InChI=1S/C41H59N7O4.C37H52N6O2/c1-11-47(34-19-28(4)48(29(5)20-34)40(51)52-41(7,8)9)37-22-32(31-12-13-33(42-23-31)25-46-16-14-45(10)15-17-46)21-35(30(37)6)38(49)43-24-36-26(2)18-27(3)44-39(36)50;1-8-43(32-16-24(2)15-25(3)17-32)35-20-30(29-9-10-31(38-21-29)23-42-13-11-41(7)12-14-42)19-33(28(35)6)36(44)39-22-34-26(4)18-27(5)40-37(34)45/h12-13,18,21-23,28-29,34H,11,14-17,19-20,24-25H2,1-10H3,(H,43,49)(H,44,50);9-10,18-21,24-25,32H,8,11-17,22-23H2,1-7H3,(H,39,44)(H,40,45)/t28-,29-;24-,25-/m10/s1. The van der Waals surface area contributed by atoms with E-state index in [1.54, 1.807) is 0 Å². The van der Waals surface area contributed by atoms with E-state index in [4.69, 9.17) is 14.7 Å². The minimum absolute atomic E-state index is 0.0307. The smallest absolute Gasteiger partial charge is 0.410 e. The second-order valence-electron chi connectivity index (χ2n) is 29.7. The Morgan fingerprint density at radius 1 is 0.546 bits per heavy atom. The molecule has 19 nitrogen and oxygen atoms in total. The number of piperazine rings is 2. The molecule has 0 radical (unpaired) electrons. The fraction of sp³-hybridized carbons (Fsp3) is 0.551. The average molecular weight is 1330 g/mol. The normalized spacial score (nSPS) is 20.6. The predicted molar refractivity (Wildman–Crippen MR) is 392 cm³/mol. The summed E-state index contributed by atoms with van der Waals surface area (Å²) >= 11 is 0. The predicted octanol–water partition coefficient (Wildman–Crippen LogP) is 11.7. The monoisotopic (exact) mass is 1330 g/mol. The number of amides is 3. The van der Waals surface area contributed by atoms with Crippen molar-refractivity contribution in [3.63, 3.8) is 0 Å². The molecule has 0 spiro atoms. The van der Waals surface area contributed by atoms with Crippen molar-refractivity contribution >= 4 is 29.3 Å². The van der Waals surface area contributed by atoms with Crippen LogP contribution < -0.4 is 31.6 Å². The highest BCUT2D eigenvalue weighted by Crippen LogP contribution is 2.40. The van der Waals surface area contributed by atoms with Crippen LogP contribution >= 0.6 is 0 Å². The number of pyridine rings is 4. The number of hydrogen-bond acceptors (Lipinski definition) is 14. The number of aromatic amines is 2. The maximum atomic E-state index is 14.1. The van der Waals surface area contributed by atoms with Crippen LogP contribution in [0.4, 0.5) is 16.2 Å². The zero-order valence-corrected chi connectivity index (χ0v) is 61.3. The lowest BCUT2D eigenvalue weighted by molar-refractivity contribution is -0.00254. The van der Waals surface area contributed by atoms with E-state index in [1.165, 1.54) is 6.42 Å². The molecule has 97 heavy (non-hydrogen) atoms. The molecule has 1 saturated carbocycles. The summed E-state index contributed by atoms with van der Waals surface area (Å²) in [7, 11) is 4.33. The van der Waals surface area contributed by atoms with Crippen molar-refractivity contribution < 1.29 is 19.1 Å². The molecule has 4 N–H and O–H groups in total. The molecule has 7 heterocycles. The number of nitrogens with one attached hydrogen (secondary N) is 4. The third-order valence-electron chi connectivity index (χ3n) is 20.5. The molecule has 0 unspecified atom stereocenters. The van der Waals surface area contributed by atoms with E-state index in [0.717, 1.165) is 183 Å². The molecule has 4 fully saturated rings. The van der Waals surface area contributed by atoms with E-state index in [-0.39, 0.29) is 60.2 Å². The van der Waals surface area contributed by atoms with Gasteiger partial charge in [-0.15, -0.1) is 0 Å². The third-order valence-corrected chi connectivity index (χ3v) is 20.5. The van der Waals surface area contributed by atoms with Gasteiger partial charge >= 0.3 is 6.09 Å². The molecule has 4 atom stereocenters. The number of rotatable bonds is 18. The Morgan fingerprint density at radius 3 is 1.29 bits per heavy atom. The molecule has 3 amide bonds. The lowest BCUT2D eigenvalue weighted by Crippen LogP contribution is -2.56. The SMILES string of the molecule is CCN(c1cc(-c2ccc(CN3CCN(C)CC3)nc2)cc(C(=O)NCc2c(C)cc(C)[nH]c2=O)c1C)C1C[C@@H](C)C[C@H](C)C1.CCN(c1cc(-c2ccc(CN3CCN(C)CC3)nc2)cc(C(=O)NCc2c(C)cc(C)[nH]c2=O)c1C)C1C[C@@H](C)N(C(=O)OC(C)(C)C)[C@H](C)C1. The fourth-order valence-corrected chi connectivity index (χ4v) is 15.3. The van der Waals surface area contributed by atoms with Gasteiger partial charge in [0.15, 0.2) is 0 Å². The van der Waals surface area contributed by atoms with Gasteiger partial charge in [0, 0.05) is 184 Å². The van der Waals surface area contributed by atoms with Gasteiger partial charge in [0.25, 0.3) is 22.9 Å². The number of ether oxygens (including phenoxy) is 1. The molecule has 19 heteroatoms. The highest BCUT2D eigenvalue weighted by Gasteiger charge is 2.39. The lowest BCUT2D eigenvalue weighted by atomic mass is 9.79. The van der Waals surface area contributed by atoms with Gasteiger partial charge in [0.1, 0.15) is 5.60 Å². The molecule has 4 aromatic heterocycles. The maximum absolute atomic E-state index is 14.1. The van der Waals surface area contributed by atoms with Crippen molar-refractivity contribution in [2.45, 2.75) is 192 Å². The molecule has 6 aromatic rings. The molecular formula is C78H111N13O6. The number of piperidine rings is 1. The van der Waals surface area contributed by atoms with Crippen LogP contribution in [0.15, 0.2) is 82.6 Å². The highest BCUT2D eigenvalue weighted by molar-refractivity contribution is 6.00. The van der Waals surface area contributed by atoms with E-state index in [9.17, 15) is 24.0 Å². The van der Waals surface area contributed by atoms with Gasteiger partial charge in [-0.25, -0.2) is 4.79 Å². The molecule has 2 aromatic carbocycles. The fourth-order valence-electron chi connectivity index (χ4n) is 15.3. The zero-order valence-electron chi connectivity index (χ0n) is 61.3. The Kier molecular flexibility index (Phi) is 24.5. The summed E-state index contributed by atoms with van der Waals surface area (Å²) in [5, 5.41) is 6.12. The first-order valence-corrected chi connectivity index (χ1v) is 35.6. The van der Waals surface area contributed by atoms with Gasteiger partial charge in [-0.3, -0.25) is 38.9 Å². The van der Waals surface area contributed by atoms with Crippen LogP contribution in [0.25, 0.3) is 22.3 Å². The summed E-state index contributed by atoms with van der Waals surface area (Å²) < 4.78 is 5.78. The molecule has 10 rings (SSSR count). The molecule has 3 aliphatic heterocycles. The Bertz CT molecular complexity index is 3800. The topological polar surface area (TPSA) is 199 Å². The number of carbonyl (C=O) groups excluding carboxylic acids is 3. The van der Waals surface area contributed by atoms with Crippen LogP contribution in [0.5, 0.6) is 0 Å². The van der Waals surface area contributed by atoms with Gasteiger partial charge in [0.05, 0.1) is 11.4 Å². The van der Waals surface area contributed by atoms with Crippen LogP contribution in [0, 0.1) is 53.4 Å². The summed E-state index contributed by atoms with van der Waals surface area (Å²) in [5.41, 5.74) is 14.6. The van der Waals surface area contributed by atoms with Gasteiger partial charge < -0.3 is 49.8 Å². The van der Waals surface area contributed by atoms with E-state index < -0.39 is 5.60 Å². The van der Waals surface area contributed by atoms with Gasteiger partial charge in [0.2, 0.25) is 0 Å². The number of carbonyl (C=O) groups is 3. The van der Waals surface area contributed by atoms with E-state index >= 15 is 0 Å². The maximum Gasteiger partial charge on any atom is 0.410 e. The molecular weight excluding hydrogens is 1210 g/mol. The first kappa shape index (κ1) is 73.5. The Morgan fingerprint density at radius 2 is 0.938 bits per heavy atom. The molecule has 1 aliphatic carbocycles. The van der Waals surface area contributed by atoms with E-state index in [0.29, 0.717) is 40.1 Å². The van der Waals surface area contributed by atoms with Crippen LogP contribution in [0.1, 0.15) is 171 Å². The number of hydrogen-bond donors (Lipinski definition) is 4. The largest absolute Gasteiger partial charge is 0.444 e. The van der Waals surface area contributed by atoms with Crippen molar-refractivity contribution in [2.24, 2.45) is 11.8 Å². The summed E-state index contributed by atoms with van der Waals surface area (Å²) in [6.07, 6.45) is 8.69. The number of nitrogens with zero attached hydrogens (tertiary/aromatic N) is 9. The van der Waals surface area contributed by atoms with Crippen molar-refractivity contribution in [1.29, 1.82) is 0 Å². The zero-order chi connectivity index (χ0) is 70.2. The number of H-pyrrole nitrogens is 2. The van der Waals surface area contributed by atoms with Gasteiger partial charge in [-0.1, -0.05) is 26.0 Å². The molecule has 0 bridgehead atoms. The van der Waals surface area contributed by atoms with Crippen molar-refractivity contribution in [1.82, 2.24) is 55.1 Å². The number of likely N-dealkylation sites (tertiary alicyclic amines) is 1. The Balaban J connectivity index is 0.000000230. The van der Waals surface area contributed by atoms with Gasteiger partial charge in [-0.2, -0.15) is 0 Å². The third kappa shape index (κ3) is 18.7. The summed E-state index contributed by atoms with van der Waals surface area (Å²) in [4.78, 5) is 98.4. The molecule has 524 valence electrons. The van der Waals surface area contributed by atoms with Gasteiger partial charge in [-0.05, 0) is 230 Å². The quantitative estimate of drug-likeness (QED) is 0.0634. The number of likely N-dealkylation sites (N-methyl/N-ethyl adjacent to an activating group) is 2. The molecule has 3 saturated heterocycles. The number of benzene rings is 2. The summed E-state index contributed by atoms with van der Waals surface area (Å²) in [6, 6.07) is 21.2. The number of aromatic nitrogens is 4. The minimum atomic E-state index is -0.569.